The average Bonchev–Trinajstić information content (AvgIpc) is 3.27. The third-order valence-electron chi connectivity index (χ3n) is 4.38. The zero-order chi connectivity index (χ0) is 18.7. The van der Waals surface area contributed by atoms with Crippen LogP contribution in [0.5, 0.6) is 0 Å². The number of ether oxygens (including phenoxy) is 1. The van der Waals surface area contributed by atoms with Crippen molar-refractivity contribution in [2.45, 2.75) is 20.3 Å². The molecule has 0 fully saturated rings. The van der Waals surface area contributed by atoms with Crippen LogP contribution in [-0.4, -0.2) is 17.1 Å². The van der Waals surface area contributed by atoms with E-state index in [9.17, 15) is 4.79 Å². The minimum Gasteiger partial charge on any atom is -0.461 e. The molecule has 0 saturated heterocycles. The van der Waals surface area contributed by atoms with E-state index in [4.69, 9.17) is 11.3 Å². The van der Waals surface area contributed by atoms with Crippen molar-refractivity contribution in [3.63, 3.8) is 0 Å². The fourth-order valence-corrected chi connectivity index (χ4v) is 3.93. The van der Waals surface area contributed by atoms with E-state index in [1.165, 1.54) is 4.88 Å². The van der Waals surface area contributed by atoms with Crippen molar-refractivity contribution in [3.8, 4) is 21.6 Å². The van der Waals surface area contributed by atoms with Gasteiger partial charge in [-0.1, -0.05) is 37.3 Å². The van der Waals surface area contributed by atoms with Crippen molar-refractivity contribution in [3.05, 3.63) is 64.6 Å². The molecule has 2 aromatic heterocycles. The molecule has 0 amide bonds. The summed E-state index contributed by atoms with van der Waals surface area (Å²) >= 11 is 1.68. The molecule has 0 unspecified atom stereocenters. The van der Waals surface area contributed by atoms with E-state index in [0.717, 1.165) is 16.8 Å². The molecule has 0 aliphatic carbocycles. The standard InChI is InChI=1S/C21H20N2O2S/c1-5-16-19(22-3)18(20(23(16)4)21(24)25-6-2)15-11-9-14(10-12-15)17-8-7-13-26-17/h7-13H,5-6H2,1-2,4H3. The zero-order valence-electron chi connectivity index (χ0n) is 15.1. The number of rotatable bonds is 5. The van der Waals surface area contributed by atoms with Crippen LogP contribution < -0.4 is 0 Å². The smallest absolute Gasteiger partial charge is 0.354 e. The van der Waals surface area contributed by atoms with Crippen LogP contribution in [-0.2, 0) is 18.2 Å². The third-order valence-corrected chi connectivity index (χ3v) is 5.30. The highest BCUT2D eigenvalue weighted by Crippen LogP contribution is 2.40. The van der Waals surface area contributed by atoms with E-state index < -0.39 is 5.97 Å². The van der Waals surface area contributed by atoms with Gasteiger partial charge in [-0.25, -0.2) is 9.64 Å². The van der Waals surface area contributed by atoms with Gasteiger partial charge in [0, 0.05) is 23.2 Å². The van der Waals surface area contributed by atoms with Gasteiger partial charge >= 0.3 is 5.97 Å². The van der Waals surface area contributed by atoms with Crippen molar-refractivity contribution in [1.82, 2.24) is 4.57 Å². The molecule has 0 bridgehead atoms. The molecule has 2 heterocycles. The maximum atomic E-state index is 12.6. The summed E-state index contributed by atoms with van der Waals surface area (Å²) in [5.74, 6) is -0.392. The Morgan fingerprint density at radius 3 is 2.42 bits per heavy atom. The second-order valence-corrected chi connectivity index (χ2v) is 6.77. The fourth-order valence-electron chi connectivity index (χ4n) is 3.20. The minimum atomic E-state index is -0.392. The molecule has 3 rings (SSSR count). The summed E-state index contributed by atoms with van der Waals surface area (Å²) in [4.78, 5) is 17.5. The van der Waals surface area contributed by atoms with Crippen molar-refractivity contribution in [2.24, 2.45) is 7.05 Å². The highest BCUT2D eigenvalue weighted by molar-refractivity contribution is 7.13. The molecule has 0 radical (unpaired) electrons. The number of esters is 1. The molecule has 0 spiro atoms. The first kappa shape index (κ1) is 18.0. The number of carbonyl (C=O) groups is 1. The zero-order valence-corrected chi connectivity index (χ0v) is 15.9. The summed E-state index contributed by atoms with van der Waals surface area (Å²) in [5, 5.41) is 2.05. The second kappa shape index (κ2) is 7.59. The molecule has 0 aliphatic heterocycles. The quantitative estimate of drug-likeness (QED) is 0.429. The Kier molecular flexibility index (Phi) is 5.24. The molecular weight excluding hydrogens is 344 g/mol. The number of carbonyl (C=O) groups excluding carboxylic acids is 1. The Morgan fingerprint density at radius 2 is 1.88 bits per heavy atom. The lowest BCUT2D eigenvalue weighted by Gasteiger charge is -2.09. The number of benzene rings is 1. The van der Waals surface area contributed by atoms with Gasteiger partial charge < -0.3 is 9.30 Å². The molecule has 1 aromatic carbocycles. The minimum absolute atomic E-state index is 0.301. The van der Waals surface area contributed by atoms with Gasteiger partial charge in [-0.05, 0) is 35.9 Å². The van der Waals surface area contributed by atoms with Crippen LogP contribution in [0.25, 0.3) is 26.4 Å². The normalized spacial score (nSPS) is 10.5. The van der Waals surface area contributed by atoms with Gasteiger partial charge in [0.05, 0.1) is 13.2 Å². The molecule has 5 heteroatoms. The van der Waals surface area contributed by atoms with Crippen LogP contribution in [0.1, 0.15) is 30.0 Å². The molecular formula is C21H20N2O2S. The molecule has 26 heavy (non-hydrogen) atoms. The van der Waals surface area contributed by atoms with Crippen LogP contribution in [0.15, 0.2) is 41.8 Å². The molecule has 0 aliphatic rings. The van der Waals surface area contributed by atoms with Crippen molar-refractivity contribution >= 4 is 23.0 Å². The Labute approximate surface area is 157 Å². The van der Waals surface area contributed by atoms with Gasteiger partial charge in [-0.3, -0.25) is 0 Å². The van der Waals surface area contributed by atoms with Crippen LogP contribution in [0.3, 0.4) is 0 Å². The lowest BCUT2D eigenvalue weighted by atomic mass is 10.0. The number of hydrogen-bond acceptors (Lipinski definition) is 3. The van der Waals surface area contributed by atoms with Gasteiger partial charge in [0.15, 0.2) is 0 Å². The molecule has 0 saturated carbocycles. The van der Waals surface area contributed by atoms with Crippen molar-refractivity contribution in [1.29, 1.82) is 0 Å². The largest absolute Gasteiger partial charge is 0.461 e. The average molecular weight is 364 g/mol. The molecule has 3 aromatic rings. The summed E-state index contributed by atoms with van der Waals surface area (Å²) in [6.45, 7) is 11.7. The lowest BCUT2D eigenvalue weighted by Crippen LogP contribution is -2.12. The highest BCUT2D eigenvalue weighted by atomic mass is 32.1. The predicted octanol–water partition coefficient (Wildman–Crippen LogP) is 5.71. The van der Waals surface area contributed by atoms with Gasteiger partial charge in [0.2, 0.25) is 5.69 Å². The topological polar surface area (TPSA) is 35.6 Å². The summed E-state index contributed by atoms with van der Waals surface area (Å²) in [6, 6.07) is 12.1. The van der Waals surface area contributed by atoms with Crippen molar-refractivity contribution < 1.29 is 9.53 Å². The first-order valence-electron chi connectivity index (χ1n) is 8.52. The van der Waals surface area contributed by atoms with Gasteiger partial charge in [0.25, 0.3) is 0 Å². The molecule has 0 N–H and O–H groups in total. The molecule has 132 valence electrons. The Balaban J connectivity index is 2.17. The van der Waals surface area contributed by atoms with Crippen LogP contribution in [0.4, 0.5) is 5.69 Å². The van der Waals surface area contributed by atoms with Crippen molar-refractivity contribution in [2.75, 3.05) is 6.61 Å². The third kappa shape index (κ3) is 3.04. The first-order valence-corrected chi connectivity index (χ1v) is 9.40. The van der Waals surface area contributed by atoms with Gasteiger partial charge in [-0.15, -0.1) is 11.3 Å². The summed E-state index contributed by atoms with van der Waals surface area (Å²) in [7, 11) is 1.82. The second-order valence-electron chi connectivity index (χ2n) is 5.82. The first-order chi connectivity index (χ1) is 12.6. The Bertz CT molecular complexity index is 961. The van der Waals surface area contributed by atoms with Gasteiger partial charge in [0.1, 0.15) is 5.69 Å². The maximum absolute atomic E-state index is 12.6. The van der Waals surface area contributed by atoms with Crippen LogP contribution >= 0.6 is 11.3 Å². The Hall–Kier alpha value is -2.84. The van der Waals surface area contributed by atoms with Gasteiger partial charge in [-0.2, -0.15) is 0 Å². The van der Waals surface area contributed by atoms with Crippen LogP contribution in [0, 0.1) is 6.57 Å². The summed E-state index contributed by atoms with van der Waals surface area (Å²) in [6.07, 6.45) is 0.675. The van der Waals surface area contributed by atoms with E-state index in [1.807, 2.05) is 49.7 Å². The van der Waals surface area contributed by atoms with E-state index in [0.29, 0.717) is 30.0 Å². The monoisotopic (exact) mass is 364 g/mol. The van der Waals surface area contributed by atoms with E-state index in [2.05, 4.69) is 10.9 Å². The number of thiophene rings is 1. The predicted molar refractivity (Wildman–Crippen MR) is 106 cm³/mol. The summed E-state index contributed by atoms with van der Waals surface area (Å²) in [5.41, 5.74) is 4.46. The lowest BCUT2D eigenvalue weighted by molar-refractivity contribution is 0.0516. The van der Waals surface area contributed by atoms with E-state index in [1.54, 1.807) is 22.8 Å². The number of aromatic nitrogens is 1. The SMILES string of the molecule is [C-]#[N+]c1c(-c2ccc(-c3cccs3)cc2)c(C(=O)OCC)n(C)c1CC. The van der Waals surface area contributed by atoms with E-state index in [-0.39, 0.29) is 0 Å². The Morgan fingerprint density at radius 1 is 1.19 bits per heavy atom. The maximum Gasteiger partial charge on any atom is 0.354 e. The molecule has 4 nitrogen and oxygen atoms in total. The highest BCUT2D eigenvalue weighted by Gasteiger charge is 2.26. The van der Waals surface area contributed by atoms with Crippen LogP contribution in [0.2, 0.25) is 0 Å². The number of hydrogen-bond donors (Lipinski definition) is 0. The van der Waals surface area contributed by atoms with E-state index >= 15 is 0 Å². The number of nitrogens with zero attached hydrogens (tertiary/aromatic N) is 2. The molecule has 0 atom stereocenters. The summed E-state index contributed by atoms with van der Waals surface area (Å²) < 4.78 is 7.05. The fraction of sp³-hybridized carbons (Fsp3) is 0.238.